The fourth-order valence-corrected chi connectivity index (χ4v) is 3.87. The third-order valence-electron chi connectivity index (χ3n) is 5.28. The topological polar surface area (TPSA) is 69.8 Å². The SMILES string of the molecule is COc1ccc2cc(CN(CC3CCCO3)C(=S)NCCCN(C)C)c(=O)[nH]c2c1. The Morgan fingerprint density at radius 2 is 2.20 bits per heavy atom. The van der Waals surface area contributed by atoms with Gasteiger partial charge in [-0.25, -0.2) is 0 Å². The van der Waals surface area contributed by atoms with Gasteiger partial charge in [-0.15, -0.1) is 0 Å². The van der Waals surface area contributed by atoms with E-state index in [1.54, 1.807) is 7.11 Å². The summed E-state index contributed by atoms with van der Waals surface area (Å²) in [6.45, 7) is 3.71. The van der Waals surface area contributed by atoms with Gasteiger partial charge in [-0.3, -0.25) is 4.79 Å². The highest BCUT2D eigenvalue weighted by Gasteiger charge is 2.22. The van der Waals surface area contributed by atoms with Gasteiger partial charge in [-0.05, 0) is 75.7 Å². The lowest BCUT2D eigenvalue weighted by molar-refractivity contribution is 0.0897. The maximum Gasteiger partial charge on any atom is 0.253 e. The van der Waals surface area contributed by atoms with Crippen molar-refractivity contribution < 1.29 is 9.47 Å². The second-order valence-electron chi connectivity index (χ2n) is 7.98. The van der Waals surface area contributed by atoms with E-state index in [2.05, 4.69) is 34.2 Å². The van der Waals surface area contributed by atoms with Crippen molar-refractivity contribution >= 4 is 28.2 Å². The van der Waals surface area contributed by atoms with Gasteiger partial charge in [0.1, 0.15) is 5.75 Å². The molecule has 2 aromatic rings. The minimum absolute atomic E-state index is 0.108. The number of H-pyrrole nitrogens is 1. The Bertz CT molecular complexity index is 909. The van der Waals surface area contributed by atoms with E-state index in [0.717, 1.165) is 49.9 Å². The molecule has 1 aromatic heterocycles. The van der Waals surface area contributed by atoms with Crippen LogP contribution in [0.3, 0.4) is 0 Å². The number of methoxy groups -OCH3 is 1. The summed E-state index contributed by atoms with van der Waals surface area (Å²) in [5.41, 5.74) is 1.34. The molecule has 0 aliphatic carbocycles. The van der Waals surface area contributed by atoms with Crippen molar-refractivity contribution in [3.63, 3.8) is 0 Å². The van der Waals surface area contributed by atoms with Crippen LogP contribution in [-0.4, -0.2) is 73.4 Å². The molecule has 0 spiro atoms. The van der Waals surface area contributed by atoms with Crippen LogP contribution < -0.4 is 15.6 Å². The molecule has 2 N–H and O–H groups in total. The van der Waals surface area contributed by atoms with E-state index in [4.69, 9.17) is 21.7 Å². The predicted molar refractivity (Wildman–Crippen MR) is 124 cm³/mol. The number of thiocarbonyl (C=S) groups is 1. The molecule has 8 heteroatoms. The van der Waals surface area contributed by atoms with Crippen molar-refractivity contribution in [2.45, 2.75) is 31.9 Å². The van der Waals surface area contributed by atoms with Crippen molar-refractivity contribution in [3.05, 3.63) is 40.2 Å². The monoisotopic (exact) mass is 432 g/mol. The lowest BCUT2D eigenvalue weighted by Crippen LogP contribution is -2.44. The summed E-state index contributed by atoms with van der Waals surface area (Å²) in [5.74, 6) is 0.717. The summed E-state index contributed by atoms with van der Waals surface area (Å²) in [4.78, 5) is 19.9. The molecule has 0 amide bonds. The first-order chi connectivity index (χ1) is 14.5. The molecule has 0 radical (unpaired) electrons. The van der Waals surface area contributed by atoms with Crippen LogP contribution in [-0.2, 0) is 11.3 Å². The van der Waals surface area contributed by atoms with Gasteiger partial charge in [0.2, 0.25) is 0 Å². The van der Waals surface area contributed by atoms with Crippen molar-refractivity contribution in [3.8, 4) is 5.75 Å². The van der Waals surface area contributed by atoms with Gasteiger partial charge >= 0.3 is 0 Å². The second-order valence-corrected chi connectivity index (χ2v) is 8.37. The highest BCUT2D eigenvalue weighted by molar-refractivity contribution is 7.80. The Balaban J connectivity index is 1.74. The first-order valence-corrected chi connectivity index (χ1v) is 10.9. The van der Waals surface area contributed by atoms with Crippen LogP contribution >= 0.6 is 12.2 Å². The maximum atomic E-state index is 12.7. The summed E-state index contributed by atoms with van der Waals surface area (Å²) in [5, 5.41) is 4.98. The van der Waals surface area contributed by atoms with Crippen LogP contribution in [0.5, 0.6) is 5.75 Å². The molecule has 1 atom stereocenters. The minimum Gasteiger partial charge on any atom is -0.497 e. The number of hydrogen-bond acceptors (Lipinski definition) is 5. The van der Waals surface area contributed by atoms with Crippen LogP contribution in [0.15, 0.2) is 29.1 Å². The zero-order valence-electron chi connectivity index (χ0n) is 18.1. The number of hydrogen-bond donors (Lipinski definition) is 2. The number of benzene rings is 1. The zero-order chi connectivity index (χ0) is 21.5. The van der Waals surface area contributed by atoms with Crippen molar-refractivity contribution in [2.24, 2.45) is 0 Å². The van der Waals surface area contributed by atoms with E-state index >= 15 is 0 Å². The van der Waals surface area contributed by atoms with E-state index in [-0.39, 0.29) is 11.7 Å². The third kappa shape index (κ3) is 6.17. The molecular weight excluding hydrogens is 400 g/mol. The Kier molecular flexibility index (Phi) is 8.07. The number of rotatable bonds is 9. The smallest absolute Gasteiger partial charge is 0.253 e. The fourth-order valence-electron chi connectivity index (χ4n) is 3.63. The molecule has 2 heterocycles. The lowest BCUT2D eigenvalue weighted by Gasteiger charge is -2.28. The summed E-state index contributed by atoms with van der Waals surface area (Å²) in [6.07, 6.45) is 3.24. The summed E-state index contributed by atoms with van der Waals surface area (Å²) in [6, 6.07) is 7.62. The summed E-state index contributed by atoms with van der Waals surface area (Å²) < 4.78 is 11.1. The van der Waals surface area contributed by atoms with Crippen LogP contribution in [0.1, 0.15) is 24.8 Å². The molecule has 1 aliphatic rings. The van der Waals surface area contributed by atoms with Crippen LogP contribution in [0, 0.1) is 0 Å². The summed E-state index contributed by atoms with van der Waals surface area (Å²) in [7, 11) is 5.73. The molecule has 1 unspecified atom stereocenters. The number of aromatic nitrogens is 1. The molecule has 164 valence electrons. The first kappa shape index (κ1) is 22.5. The number of aromatic amines is 1. The van der Waals surface area contributed by atoms with Gasteiger partial charge < -0.3 is 29.6 Å². The molecule has 1 aliphatic heterocycles. The lowest BCUT2D eigenvalue weighted by atomic mass is 10.1. The normalized spacial score (nSPS) is 16.2. The highest BCUT2D eigenvalue weighted by Crippen LogP contribution is 2.20. The van der Waals surface area contributed by atoms with Crippen LogP contribution in [0.2, 0.25) is 0 Å². The number of fused-ring (bicyclic) bond motifs is 1. The van der Waals surface area contributed by atoms with E-state index in [1.165, 1.54) is 0 Å². The second kappa shape index (κ2) is 10.7. The van der Waals surface area contributed by atoms with Crippen molar-refractivity contribution in [1.29, 1.82) is 0 Å². The Labute approximate surface area is 183 Å². The number of pyridine rings is 1. The molecule has 7 nitrogen and oxygen atoms in total. The van der Waals surface area contributed by atoms with Gasteiger partial charge in [0.15, 0.2) is 5.11 Å². The van der Waals surface area contributed by atoms with E-state index in [9.17, 15) is 4.79 Å². The Hall–Kier alpha value is -2.16. The predicted octanol–water partition coefficient (Wildman–Crippen LogP) is 2.34. The largest absolute Gasteiger partial charge is 0.497 e. The van der Waals surface area contributed by atoms with Crippen molar-refractivity contribution in [1.82, 2.24) is 20.1 Å². The minimum atomic E-state index is -0.108. The van der Waals surface area contributed by atoms with Gasteiger partial charge in [0.05, 0.1) is 25.3 Å². The first-order valence-electron chi connectivity index (χ1n) is 10.5. The maximum absolute atomic E-state index is 12.7. The molecule has 0 bridgehead atoms. The quantitative estimate of drug-likeness (QED) is 0.466. The average Bonchev–Trinajstić information content (AvgIpc) is 3.23. The van der Waals surface area contributed by atoms with Gasteiger partial charge in [0.25, 0.3) is 5.56 Å². The number of nitrogens with zero attached hydrogens (tertiary/aromatic N) is 2. The molecule has 3 rings (SSSR count). The molecule has 0 saturated carbocycles. The zero-order valence-corrected chi connectivity index (χ0v) is 18.9. The van der Waals surface area contributed by atoms with Gasteiger partial charge in [0, 0.05) is 31.3 Å². The van der Waals surface area contributed by atoms with Crippen molar-refractivity contribution in [2.75, 3.05) is 47.4 Å². The standard InChI is InChI=1S/C22H32N4O3S/c1-25(2)10-5-9-23-22(30)26(15-19-6-4-11-29-19)14-17-12-16-7-8-18(28-3)13-20(16)24-21(17)27/h7-8,12-13,19H,4-6,9-11,14-15H2,1-3H3,(H,23,30)(H,24,27). The third-order valence-corrected chi connectivity index (χ3v) is 5.69. The molecule has 30 heavy (non-hydrogen) atoms. The molecule has 1 aromatic carbocycles. The van der Waals surface area contributed by atoms with Crippen LogP contribution in [0.25, 0.3) is 10.9 Å². The Morgan fingerprint density at radius 1 is 1.37 bits per heavy atom. The van der Waals surface area contributed by atoms with Gasteiger partial charge in [-0.2, -0.15) is 0 Å². The number of ether oxygens (including phenoxy) is 2. The van der Waals surface area contributed by atoms with E-state index < -0.39 is 0 Å². The Morgan fingerprint density at radius 3 is 2.90 bits per heavy atom. The van der Waals surface area contributed by atoms with E-state index in [0.29, 0.717) is 29.5 Å². The summed E-state index contributed by atoms with van der Waals surface area (Å²) >= 11 is 5.68. The molecular formula is C22H32N4O3S. The number of nitrogens with one attached hydrogen (secondary N) is 2. The van der Waals surface area contributed by atoms with Gasteiger partial charge in [-0.1, -0.05) is 0 Å². The van der Waals surface area contributed by atoms with E-state index in [1.807, 2.05) is 24.3 Å². The average molecular weight is 433 g/mol. The highest BCUT2D eigenvalue weighted by atomic mass is 32.1. The molecule has 1 saturated heterocycles. The van der Waals surface area contributed by atoms with Crippen LogP contribution in [0.4, 0.5) is 0 Å². The molecule has 1 fully saturated rings. The fraction of sp³-hybridized carbons (Fsp3) is 0.545.